The molecule has 3 heteroatoms. The summed E-state index contributed by atoms with van der Waals surface area (Å²) in [4.78, 5) is 10.8. The average molecular weight is 228 g/mol. The molecule has 0 atom stereocenters. The van der Waals surface area contributed by atoms with Gasteiger partial charge in [-0.2, -0.15) is 0 Å². The van der Waals surface area contributed by atoms with E-state index in [9.17, 15) is 4.79 Å². The predicted octanol–water partition coefficient (Wildman–Crippen LogP) is 3.10. The van der Waals surface area contributed by atoms with Crippen LogP contribution in [0.3, 0.4) is 0 Å². The van der Waals surface area contributed by atoms with Gasteiger partial charge in [0, 0.05) is 0 Å². The van der Waals surface area contributed by atoms with Crippen LogP contribution in [0.2, 0.25) is 0 Å². The minimum absolute atomic E-state index is 0.289. The standard InChI is InChI=1S/C14H12O3/c1-2-7-17-13-6-5-10-8-12(14(15)16)4-3-11(10)9-13/h2-6,8-9H,1,7H2,(H,15,16). The fourth-order valence-corrected chi connectivity index (χ4v) is 1.60. The van der Waals surface area contributed by atoms with Crippen LogP contribution in [0.15, 0.2) is 49.1 Å². The van der Waals surface area contributed by atoms with Gasteiger partial charge in [-0.25, -0.2) is 4.79 Å². The normalized spacial score (nSPS) is 10.1. The van der Waals surface area contributed by atoms with Gasteiger partial charge in [-0.1, -0.05) is 24.8 Å². The fourth-order valence-electron chi connectivity index (χ4n) is 1.60. The van der Waals surface area contributed by atoms with Crippen molar-refractivity contribution in [3.63, 3.8) is 0 Å². The van der Waals surface area contributed by atoms with Crippen LogP contribution >= 0.6 is 0 Å². The minimum atomic E-state index is -0.918. The Balaban J connectivity index is 2.39. The lowest BCUT2D eigenvalue weighted by Gasteiger charge is -2.05. The highest BCUT2D eigenvalue weighted by Gasteiger charge is 2.04. The zero-order chi connectivity index (χ0) is 12.3. The second kappa shape index (κ2) is 4.70. The van der Waals surface area contributed by atoms with E-state index in [2.05, 4.69) is 6.58 Å². The topological polar surface area (TPSA) is 46.5 Å². The molecular formula is C14H12O3. The van der Waals surface area contributed by atoms with Gasteiger partial charge in [-0.3, -0.25) is 0 Å². The average Bonchev–Trinajstić information content (AvgIpc) is 2.35. The molecule has 0 aliphatic carbocycles. The number of aromatic carboxylic acids is 1. The fraction of sp³-hybridized carbons (Fsp3) is 0.0714. The van der Waals surface area contributed by atoms with Crippen LogP contribution < -0.4 is 4.74 Å². The van der Waals surface area contributed by atoms with Crippen molar-refractivity contribution in [3.8, 4) is 5.75 Å². The first-order chi connectivity index (χ1) is 8.20. The Hall–Kier alpha value is -2.29. The van der Waals surface area contributed by atoms with Crippen LogP contribution in [-0.2, 0) is 0 Å². The van der Waals surface area contributed by atoms with Crippen LogP contribution in [0.4, 0.5) is 0 Å². The summed E-state index contributed by atoms with van der Waals surface area (Å²) in [6.45, 7) is 4.04. The molecule has 0 aromatic heterocycles. The molecule has 2 rings (SSSR count). The smallest absolute Gasteiger partial charge is 0.335 e. The summed E-state index contributed by atoms with van der Waals surface area (Å²) in [5.41, 5.74) is 0.289. The van der Waals surface area contributed by atoms with Crippen molar-refractivity contribution in [2.45, 2.75) is 0 Å². The molecule has 1 N–H and O–H groups in total. The van der Waals surface area contributed by atoms with Crippen LogP contribution in [0.1, 0.15) is 10.4 Å². The summed E-state index contributed by atoms with van der Waals surface area (Å²) in [6, 6.07) is 10.6. The Labute approximate surface area is 99.0 Å². The van der Waals surface area contributed by atoms with E-state index in [1.165, 1.54) is 0 Å². The van der Waals surface area contributed by atoms with Crippen LogP contribution in [-0.4, -0.2) is 17.7 Å². The van der Waals surface area contributed by atoms with Gasteiger partial charge >= 0.3 is 5.97 Å². The van der Waals surface area contributed by atoms with E-state index in [4.69, 9.17) is 9.84 Å². The zero-order valence-electron chi connectivity index (χ0n) is 9.22. The monoisotopic (exact) mass is 228 g/mol. The second-order valence-electron chi connectivity index (χ2n) is 3.63. The summed E-state index contributed by atoms with van der Waals surface area (Å²) in [6.07, 6.45) is 1.68. The molecule has 0 saturated carbocycles. The Morgan fingerprint density at radius 3 is 2.65 bits per heavy atom. The summed E-state index contributed by atoms with van der Waals surface area (Å²) >= 11 is 0. The molecule has 17 heavy (non-hydrogen) atoms. The van der Waals surface area contributed by atoms with E-state index in [0.29, 0.717) is 6.61 Å². The van der Waals surface area contributed by atoms with Crippen molar-refractivity contribution in [1.29, 1.82) is 0 Å². The molecule has 0 aliphatic rings. The number of fused-ring (bicyclic) bond motifs is 1. The third-order valence-electron chi connectivity index (χ3n) is 2.43. The maximum absolute atomic E-state index is 10.8. The molecule has 0 aliphatic heterocycles. The molecule has 0 unspecified atom stereocenters. The molecule has 0 bridgehead atoms. The first-order valence-electron chi connectivity index (χ1n) is 5.21. The first-order valence-corrected chi connectivity index (χ1v) is 5.21. The Morgan fingerprint density at radius 1 is 1.24 bits per heavy atom. The first kappa shape index (κ1) is 11.2. The van der Waals surface area contributed by atoms with Gasteiger partial charge in [-0.05, 0) is 35.0 Å². The number of carbonyl (C=O) groups is 1. The number of hydrogen-bond donors (Lipinski definition) is 1. The van der Waals surface area contributed by atoms with Gasteiger partial charge < -0.3 is 9.84 Å². The summed E-state index contributed by atoms with van der Waals surface area (Å²) < 4.78 is 5.41. The van der Waals surface area contributed by atoms with Crippen LogP contribution in [0.5, 0.6) is 5.75 Å². The molecular weight excluding hydrogens is 216 g/mol. The van der Waals surface area contributed by atoms with E-state index >= 15 is 0 Å². The quantitative estimate of drug-likeness (QED) is 0.818. The number of ether oxygens (including phenoxy) is 1. The van der Waals surface area contributed by atoms with Crippen molar-refractivity contribution in [2.75, 3.05) is 6.61 Å². The van der Waals surface area contributed by atoms with E-state index in [0.717, 1.165) is 16.5 Å². The Bertz CT molecular complexity index is 573. The van der Waals surface area contributed by atoms with Crippen molar-refractivity contribution in [2.24, 2.45) is 0 Å². The number of carboxylic acids is 1. The molecule has 0 heterocycles. The highest BCUT2D eigenvalue weighted by molar-refractivity contribution is 5.94. The Morgan fingerprint density at radius 2 is 1.94 bits per heavy atom. The van der Waals surface area contributed by atoms with Gasteiger partial charge in [0.2, 0.25) is 0 Å². The summed E-state index contributed by atoms with van der Waals surface area (Å²) in [5, 5.41) is 10.7. The van der Waals surface area contributed by atoms with Crippen LogP contribution in [0, 0.1) is 0 Å². The van der Waals surface area contributed by atoms with Crippen molar-refractivity contribution in [3.05, 3.63) is 54.6 Å². The highest BCUT2D eigenvalue weighted by atomic mass is 16.5. The SMILES string of the molecule is C=CCOc1ccc2cc(C(=O)O)ccc2c1. The van der Waals surface area contributed by atoms with Gasteiger partial charge in [0.05, 0.1) is 5.56 Å². The van der Waals surface area contributed by atoms with Gasteiger partial charge in [-0.15, -0.1) is 0 Å². The lowest BCUT2D eigenvalue weighted by molar-refractivity contribution is 0.0697. The Kier molecular flexibility index (Phi) is 3.10. The molecule has 3 nitrogen and oxygen atoms in total. The maximum atomic E-state index is 10.8. The minimum Gasteiger partial charge on any atom is -0.490 e. The van der Waals surface area contributed by atoms with E-state index in [1.807, 2.05) is 18.2 Å². The lowest BCUT2D eigenvalue weighted by Crippen LogP contribution is -1.96. The van der Waals surface area contributed by atoms with Crippen LogP contribution in [0.25, 0.3) is 10.8 Å². The largest absolute Gasteiger partial charge is 0.490 e. The number of carboxylic acid groups (broad SMARTS) is 1. The molecule has 0 amide bonds. The third kappa shape index (κ3) is 2.45. The highest BCUT2D eigenvalue weighted by Crippen LogP contribution is 2.22. The zero-order valence-corrected chi connectivity index (χ0v) is 9.22. The summed E-state index contributed by atoms with van der Waals surface area (Å²) in [7, 11) is 0. The molecule has 2 aromatic carbocycles. The van der Waals surface area contributed by atoms with E-state index < -0.39 is 5.97 Å². The molecule has 0 spiro atoms. The molecule has 86 valence electrons. The molecule has 2 aromatic rings. The number of benzene rings is 2. The third-order valence-corrected chi connectivity index (χ3v) is 2.43. The van der Waals surface area contributed by atoms with Gasteiger partial charge in [0.15, 0.2) is 0 Å². The van der Waals surface area contributed by atoms with E-state index in [-0.39, 0.29) is 5.56 Å². The van der Waals surface area contributed by atoms with E-state index in [1.54, 1.807) is 24.3 Å². The van der Waals surface area contributed by atoms with Crippen molar-refractivity contribution >= 4 is 16.7 Å². The molecule has 0 fully saturated rings. The lowest BCUT2D eigenvalue weighted by atomic mass is 10.1. The van der Waals surface area contributed by atoms with Crippen molar-refractivity contribution in [1.82, 2.24) is 0 Å². The summed E-state index contributed by atoms with van der Waals surface area (Å²) in [5.74, 6) is -0.167. The second-order valence-corrected chi connectivity index (χ2v) is 3.63. The number of rotatable bonds is 4. The number of hydrogen-bond acceptors (Lipinski definition) is 2. The van der Waals surface area contributed by atoms with Crippen molar-refractivity contribution < 1.29 is 14.6 Å². The maximum Gasteiger partial charge on any atom is 0.335 e. The molecule has 0 saturated heterocycles. The van der Waals surface area contributed by atoms with Gasteiger partial charge in [0.1, 0.15) is 12.4 Å². The molecule has 0 radical (unpaired) electrons. The predicted molar refractivity (Wildman–Crippen MR) is 66.6 cm³/mol. The van der Waals surface area contributed by atoms with Gasteiger partial charge in [0.25, 0.3) is 0 Å².